The molecule has 0 aliphatic carbocycles. The predicted molar refractivity (Wildman–Crippen MR) is 56.2 cm³/mol. The average Bonchev–Trinajstić information content (AvgIpc) is 2.15. The van der Waals surface area contributed by atoms with Crippen LogP contribution < -0.4 is 4.89 Å². The van der Waals surface area contributed by atoms with Gasteiger partial charge in [-0.2, -0.15) is 0 Å². The van der Waals surface area contributed by atoms with Gasteiger partial charge in [0, 0.05) is 0 Å². The van der Waals surface area contributed by atoms with Crippen LogP contribution in [0.1, 0.15) is 58.3 Å². The molecule has 0 radical (unpaired) electrons. The first-order chi connectivity index (χ1) is 6.77. The van der Waals surface area contributed by atoms with Crippen LogP contribution in [0.2, 0.25) is 0 Å². The summed E-state index contributed by atoms with van der Waals surface area (Å²) in [5, 5.41) is 0. The van der Waals surface area contributed by atoms with Crippen LogP contribution >= 0.6 is 8.25 Å². The van der Waals surface area contributed by atoms with Gasteiger partial charge in [0.1, 0.15) is 6.61 Å². The molecule has 0 spiro atoms. The van der Waals surface area contributed by atoms with E-state index in [2.05, 4.69) is 11.4 Å². The van der Waals surface area contributed by atoms with Crippen molar-refractivity contribution in [2.24, 2.45) is 0 Å². The van der Waals surface area contributed by atoms with Crippen LogP contribution in [0.3, 0.4) is 0 Å². The molecule has 0 aromatic rings. The second kappa shape index (κ2) is 14.6. The third-order valence-electron chi connectivity index (χ3n) is 2.19. The molecule has 15 heavy (non-hydrogen) atoms. The van der Waals surface area contributed by atoms with E-state index in [4.69, 9.17) is 0 Å². The molecule has 0 aromatic carbocycles. The van der Waals surface area contributed by atoms with Crippen molar-refractivity contribution in [2.45, 2.75) is 58.3 Å². The molecule has 0 saturated heterocycles. The van der Waals surface area contributed by atoms with Gasteiger partial charge in [0.2, 0.25) is 0 Å². The van der Waals surface area contributed by atoms with Gasteiger partial charge in [-0.3, -0.25) is 0 Å². The second-order valence-electron chi connectivity index (χ2n) is 3.53. The summed E-state index contributed by atoms with van der Waals surface area (Å²) in [5.41, 5.74) is 0. The third kappa shape index (κ3) is 17.2. The molecule has 88 valence electrons. The summed E-state index contributed by atoms with van der Waals surface area (Å²) in [4.78, 5) is 10.0. The van der Waals surface area contributed by atoms with Crippen molar-refractivity contribution in [3.05, 3.63) is 0 Å². The predicted octanol–water partition coefficient (Wildman–Crippen LogP) is 3.16. The van der Waals surface area contributed by atoms with E-state index in [0.717, 1.165) is 12.8 Å². The van der Waals surface area contributed by atoms with Crippen LogP contribution in [0.4, 0.5) is 0 Å². The molecule has 0 rings (SSSR count). The Kier molecular flexibility index (Phi) is 17.4. The maximum atomic E-state index is 10.0. The molecule has 5 heteroatoms. The Bertz CT molecular complexity index is 145. The van der Waals surface area contributed by atoms with Crippen molar-refractivity contribution >= 4 is 8.25 Å². The maximum Gasteiger partial charge on any atom is 2.00 e. The molecular formula is C10H21CrO3P+2. The third-order valence-corrected chi connectivity index (χ3v) is 2.59. The number of rotatable bonds is 10. The Labute approximate surface area is 105 Å². The van der Waals surface area contributed by atoms with Gasteiger partial charge in [0.15, 0.2) is 0 Å². The minimum absolute atomic E-state index is 0. The van der Waals surface area contributed by atoms with Gasteiger partial charge in [0.05, 0.1) is 0 Å². The zero-order chi connectivity index (χ0) is 10.6. The van der Waals surface area contributed by atoms with Crippen molar-refractivity contribution in [3.63, 3.8) is 0 Å². The summed E-state index contributed by atoms with van der Waals surface area (Å²) >= 11 is 0. The molecule has 0 N–H and O–H groups in total. The van der Waals surface area contributed by atoms with Crippen molar-refractivity contribution in [1.82, 2.24) is 0 Å². The Morgan fingerprint density at radius 2 is 1.47 bits per heavy atom. The first-order valence-corrected chi connectivity index (χ1v) is 6.64. The van der Waals surface area contributed by atoms with Crippen molar-refractivity contribution < 1.29 is 31.3 Å². The SMILES string of the molecule is CCCCCCCCCCO[P+](=O)[O-].[Cr+2]. The fourth-order valence-electron chi connectivity index (χ4n) is 1.38. The first kappa shape index (κ1) is 17.9. The molecule has 1 atom stereocenters. The van der Waals surface area contributed by atoms with Gasteiger partial charge in [-0.1, -0.05) is 51.9 Å². The van der Waals surface area contributed by atoms with Crippen LogP contribution in [0.15, 0.2) is 0 Å². The normalized spacial score (nSPS) is 10.9. The molecule has 3 nitrogen and oxygen atoms in total. The minimum atomic E-state index is -2.63. The molecule has 0 aromatic heterocycles. The zero-order valence-corrected chi connectivity index (χ0v) is 11.6. The van der Waals surface area contributed by atoms with Gasteiger partial charge in [-0.15, -0.1) is 4.52 Å². The van der Waals surface area contributed by atoms with Crippen LogP contribution in [0.5, 0.6) is 0 Å². The van der Waals surface area contributed by atoms with Crippen LogP contribution in [-0.2, 0) is 26.4 Å². The first-order valence-electron chi connectivity index (χ1n) is 5.54. The van der Waals surface area contributed by atoms with E-state index in [1.165, 1.54) is 38.5 Å². The standard InChI is InChI=1S/C10H21O3P.Cr/c1-2-3-4-5-6-7-8-9-10-13-14(11)12;/h2-10H2,1H3;/q;+2. The van der Waals surface area contributed by atoms with E-state index in [-0.39, 0.29) is 17.4 Å². The minimum Gasteiger partial charge on any atom is -0.566 e. The Balaban J connectivity index is 0. The van der Waals surface area contributed by atoms with Gasteiger partial charge in [0.25, 0.3) is 0 Å². The van der Waals surface area contributed by atoms with Crippen molar-refractivity contribution in [1.29, 1.82) is 0 Å². The Morgan fingerprint density at radius 1 is 1.00 bits per heavy atom. The van der Waals surface area contributed by atoms with Crippen LogP contribution in [0, 0.1) is 0 Å². The van der Waals surface area contributed by atoms with Gasteiger partial charge < -0.3 is 4.89 Å². The van der Waals surface area contributed by atoms with Crippen LogP contribution in [-0.4, -0.2) is 6.61 Å². The molecule has 0 aliphatic rings. The summed E-state index contributed by atoms with van der Waals surface area (Å²) in [7, 11) is -2.63. The Morgan fingerprint density at radius 3 is 1.93 bits per heavy atom. The molecule has 0 saturated carbocycles. The van der Waals surface area contributed by atoms with E-state index in [1.807, 2.05) is 0 Å². The molecule has 0 amide bonds. The summed E-state index contributed by atoms with van der Waals surface area (Å²) in [6.45, 7) is 2.56. The fourth-order valence-corrected chi connectivity index (χ4v) is 1.65. The summed E-state index contributed by atoms with van der Waals surface area (Å²) in [6.07, 6.45) is 9.66. The smallest absolute Gasteiger partial charge is 0.566 e. The van der Waals surface area contributed by atoms with Gasteiger partial charge in [-0.25, -0.2) is 0 Å². The van der Waals surface area contributed by atoms with Gasteiger partial charge >= 0.3 is 25.6 Å². The number of hydrogen-bond acceptors (Lipinski definition) is 3. The van der Waals surface area contributed by atoms with Gasteiger partial charge in [-0.05, 0) is 11.0 Å². The van der Waals surface area contributed by atoms with E-state index < -0.39 is 8.25 Å². The zero-order valence-electron chi connectivity index (χ0n) is 9.44. The summed E-state index contributed by atoms with van der Waals surface area (Å²) < 4.78 is 14.5. The molecular weight excluding hydrogens is 251 g/mol. The molecule has 1 unspecified atom stereocenters. The van der Waals surface area contributed by atoms with Crippen molar-refractivity contribution in [3.8, 4) is 0 Å². The molecule has 0 heterocycles. The maximum absolute atomic E-state index is 10.0. The fraction of sp³-hybridized carbons (Fsp3) is 1.00. The molecule has 0 aliphatic heterocycles. The quantitative estimate of drug-likeness (QED) is 0.453. The summed E-state index contributed by atoms with van der Waals surface area (Å²) in [5.74, 6) is 0. The topological polar surface area (TPSA) is 49.4 Å². The molecule has 0 bridgehead atoms. The largest absolute Gasteiger partial charge is 2.00 e. The summed E-state index contributed by atoms with van der Waals surface area (Å²) in [6, 6.07) is 0. The molecule has 0 fully saturated rings. The van der Waals surface area contributed by atoms with E-state index in [9.17, 15) is 9.46 Å². The van der Waals surface area contributed by atoms with E-state index >= 15 is 0 Å². The Hall–Kier alpha value is 0.552. The monoisotopic (exact) mass is 272 g/mol. The van der Waals surface area contributed by atoms with Crippen molar-refractivity contribution in [2.75, 3.05) is 6.61 Å². The van der Waals surface area contributed by atoms with E-state index in [0.29, 0.717) is 6.61 Å². The van der Waals surface area contributed by atoms with Crippen LogP contribution in [0.25, 0.3) is 0 Å². The number of unbranched alkanes of at least 4 members (excludes halogenated alkanes) is 7. The number of hydrogen-bond donors (Lipinski definition) is 0. The van der Waals surface area contributed by atoms with E-state index in [1.54, 1.807) is 0 Å². The second-order valence-corrected chi connectivity index (χ2v) is 4.24. The average molecular weight is 272 g/mol.